The number of amidine groups is 1. The Balaban J connectivity index is 1.28. The highest BCUT2D eigenvalue weighted by Crippen LogP contribution is 2.62. The number of carbonyl (C=O) groups is 1. The molecule has 0 spiro atoms. The number of sulfone groups is 1. The van der Waals surface area contributed by atoms with E-state index in [0.717, 1.165) is 6.42 Å². The number of anilines is 1. The summed E-state index contributed by atoms with van der Waals surface area (Å²) in [6, 6.07) is 9.99. The number of fused-ring (bicyclic) bond motifs is 6. The molecule has 7 rings (SSSR count). The van der Waals surface area contributed by atoms with E-state index in [-0.39, 0.29) is 46.4 Å². The van der Waals surface area contributed by atoms with Crippen molar-refractivity contribution < 1.29 is 31.1 Å². The average Bonchev–Trinajstić information content (AvgIpc) is 3.59. The summed E-state index contributed by atoms with van der Waals surface area (Å²) in [4.78, 5) is 14.8. The molecule has 3 aliphatic heterocycles. The lowest BCUT2D eigenvalue weighted by atomic mass is 9.71. The molecule has 0 radical (unpaired) electrons. The van der Waals surface area contributed by atoms with E-state index in [1.807, 2.05) is 0 Å². The number of aliphatic hydroxyl groups excluding tert-OH is 1. The summed E-state index contributed by atoms with van der Waals surface area (Å²) in [7, 11) is -7.52. The Morgan fingerprint density at radius 1 is 1.10 bits per heavy atom. The van der Waals surface area contributed by atoms with Gasteiger partial charge >= 0.3 is 0 Å². The van der Waals surface area contributed by atoms with Crippen LogP contribution in [-0.2, 0) is 31.2 Å². The summed E-state index contributed by atoms with van der Waals surface area (Å²) in [5.74, 6) is -0.787. The Bertz CT molecular complexity index is 1720. The minimum Gasteiger partial charge on any atom is -0.512 e. The standard InChI is InChI=1S/C28H28FN3O6S2/c29-19-6-3-16(4-7-19)15-32-24(34)13-21(33)25-18-9-10-28(14-18,26(25)32)27-30-20-8-5-17(12-23(20)40(37,38)31-27)22-2-1-11-39(22,35)36/h3-8,12-13,18,22,25-26,33H,1-2,9-11,14-15H2,(H,30,31)/t18-,22?,25-,26-,28+/m0/s1. The first-order valence-electron chi connectivity index (χ1n) is 13.4. The zero-order chi connectivity index (χ0) is 28.0. The van der Waals surface area contributed by atoms with Gasteiger partial charge in [0.2, 0.25) is 0 Å². The van der Waals surface area contributed by atoms with Crippen LogP contribution in [0.15, 0.2) is 63.6 Å². The summed E-state index contributed by atoms with van der Waals surface area (Å²) in [5.41, 5.74) is 0.633. The lowest BCUT2D eigenvalue weighted by Crippen LogP contribution is -2.58. The van der Waals surface area contributed by atoms with E-state index in [0.29, 0.717) is 42.5 Å². The number of aliphatic hydroxyl groups is 1. The first-order valence-corrected chi connectivity index (χ1v) is 16.6. The fourth-order valence-electron chi connectivity index (χ4n) is 7.70. The number of sulfonamides is 1. The molecule has 1 saturated heterocycles. The van der Waals surface area contributed by atoms with Gasteiger partial charge in [0.05, 0.1) is 28.1 Å². The molecule has 0 aromatic heterocycles. The highest BCUT2D eigenvalue weighted by Gasteiger charge is 2.65. The van der Waals surface area contributed by atoms with Crippen molar-refractivity contribution in [2.75, 3.05) is 11.1 Å². The molecule has 12 heteroatoms. The van der Waals surface area contributed by atoms with Crippen molar-refractivity contribution in [3.63, 3.8) is 0 Å². The van der Waals surface area contributed by atoms with Gasteiger partial charge in [-0.25, -0.2) is 12.8 Å². The highest BCUT2D eigenvalue weighted by atomic mass is 32.2. The van der Waals surface area contributed by atoms with Crippen LogP contribution in [0.3, 0.4) is 0 Å². The summed E-state index contributed by atoms with van der Waals surface area (Å²) in [6.07, 6.45) is 4.09. The molecule has 3 heterocycles. The SMILES string of the molecule is O=C1C=C(O)[C@@H]2[C@H]3CC[C@@](C4=NS(=O)(=O)c5cc(C6CCCS6(=O)=O)ccc5N4)(C3)[C@H]2N1Cc1ccc(F)cc1. The fraction of sp³-hybridized carbons (Fsp3) is 0.429. The number of benzene rings is 2. The molecular formula is C28H28FN3O6S2. The molecule has 1 unspecified atom stereocenters. The van der Waals surface area contributed by atoms with Gasteiger partial charge in [0, 0.05) is 18.5 Å². The van der Waals surface area contributed by atoms with E-state index in [2.05, 4.69) is 9.71 Å². The summed E-state index contributed by atoms with van der Waals surface area (Å²) >= 11 is 0. The van der Waals surface area contributed by atoms with Gasteiger partial charge in [0.25, 0.3) is 15.9 Å². The maximum Gasteiger partial charge on any atom is 0.286 e. The van der Waals surface area contributed by atoms with Gasteiger partial charge in [0.1, 0.15) is 22.3 Å². The Labute approximate surface area is 231 Å². The lowest BCUT2D eigenvalue weighted by Gasteiger charge is -2.48. The van der Waals surface area contributed by atoms with Gasteiger partial charge in [-0.05, 0) is 73.4 Å². The molecule has 40 heavy (non-hydrogen) atoms. The average molecular weight is 586 g/mol. The molecule has 5 atom stereocenters. The number of nitrogens with one attached hydrogen (secondary N) is 1. The van der Waals surface area contributed by atoms with Crippen molar-refractivity contribution in [3.8, 4) is 0 Å². The van der Waals surface area contributed by atoms with Crippen LogP contribution in [-0.4, -0.2) is 50.4 Å². The molecule has 5 aliphatic rings. The third-order valence-electron chi connectivity index (χ3n) is 9.42. The lowest BCUT2D eigenvalue weighted by molar-refractivity contribution is -0.134. The van der Waals surface area contributed by atoms with Gasteiger partial charge < -0.3 is 15.3 Å². The minimum absolute atomic E-state index is 0.000914. The van der Waals surface area contributed by atoms with Crippen LogP contribution in [0.1, 0.15) is 48.5 Å². The number of amides is 1. The zero-order valence-corrected chi connectivity index (χ0v) is 23.1. The summed E-state index contributed by atoms with van der Waals surface area (Å²) in [6.45, 7) is 0.175. The third-order valence-corrected chi connectivity index (χ3v) is 13.0. The number of hydrogen-bond donors (Lipinski definition) is 2. The first-order chi connectivity index (χ1) is 19.0. The number of hydrogen-bond acceptors (Lipinski definition) is 7. The van der Waals surface area contributed by atoms with Gasteiger partial charge in [-0.15, -0.1) is 4.40 Å². The maximum atomic E-state index is 13.6. The second-order valence-electron chi connectivity index (χ2n) is 11.6. The molecule has 2 aromatic carbocycles. The Morgan fingerprint density at radius 3 is 2.60 bits per heavy atom. The van der Waals surface area contributed by atoms with Gasteiger partial charge in [-0.3, -0.25) is 4.79 Å². The van der Waals surface area contributed by atoms with Crippen LogP contribution in [0, 0.1) is 23.1 Å². The summed E-state index contributed by atoms with van der Waals surface area (Å²) < 4.78 is 70.0. The van der Waals surface area contributed by atoms with Crippen molar-refractivity contribution in [2.45, 2.75) is 54.8 Å². The molecule has 2 saturated carbocycles. The molecule has 2 N–H and O–H groups in total. The van der Waals surface area contributed by atoms with Gasteiger partial charge in [0.15, 0.2) is 9.84 Å². The largest absolute Gasteiger partial charge is 0.512 e. The van der Waals surface area contributed by atoms with Crippen molar-refractivity contribution in [1.82, 2.24) is 4.90 Å². The summed E-state index contributed by atoms with van der Waals surface area (Å²) in [5, 5.41) is 13.4. The molecule has 210 valence electrons. The first kappa shape index (κ1) is 25.7. The van der Waals surface area contributed by atoms with E-state index in [4.69, 9.17) is 0 Å². The predicted molar refractivity (Wildman–Crippen MR) is 145 cm³/mol. The number of rotatable bonds is 4. The van der Waals surface area contributed by atoms with Gasteiger partial charge in [-0.1, -0.05) is 18.2 Å². The molecular weight excluding hydrogens is 557 g/mol. The molecule has 2 aliphatic carbocycles. The van der Waals surface area contributed by atoms with Crippen molar-refractivity contribution in [2.24, 2.45) is 21.6 Å². The number of halogens is 1. The molecule has 2 aromatic rings. The van der Waals surface area contributed by atoms with Crippen LogP contribution < -0.4 is 5.32 Å². The number of carbonyl (C=O) groups excluding carboxylic acids is 1. The Kier molecular flexibility index (Phi) is 5.54. The monoisotopic (exact) mass is 585 g/mol. The van der Waals surface area contributed by atoms with Crippen LogP contribution in [0.5, 0.6) is 0 Å². The molecule has 2 bridgehead atoms. The highest BCUT2D eigenvalue weighted by molar-refractivity contribution is 7.92. The molecule has 3 fully saturated rings. The second-order valence-corrected chi connectivity index (χ2v) is 15.5. The van der Waals surface area contributed by atoms with E-state index >= 15 is 0 Å². The molecule has 9 nitrogen and oxygen atoms in total. The van der Waals surface area contributed by atoms with E-state index in [1.165, 1.54) is 24.3 Å². The van der Waals surface area contributed by atoms with Crippen LogP contribution in [0.4, 0.5) is 10.1 Å². The zero-order valence-electron chi connectivity index (χ0n) is 21.5. The fourth-order valence-corrected chi connectivity index (χ4v) is 10.9. The second kappa shape index (κ2) is 8.62. The predicted octanol–water partition coefficient (Wildman–Crippen LogP) is 3.86. The quantitative estimate of drug-likeness (QED) is 0.557. The normalized spacial score (nSPS) is 33.1. The van der Waals surface area contributed by atoms with E-state index in [9.17, 15) is 31.1 Å². The molecule has 1 amide bonds. The Morgan fingerprint density at radius 2 is 1.88 bits per heavy atom. The van der Waals surface area contributed by atoms with Crippen LogP contribution in [0.25, 0.3) is 0 Å². The third kappa shape index (κ3) is 3.75. The van der Waals surface area contributed by atoms with Crippen molar-refractivity contribution >= 4 is 37.3 Å². The topological polar surface area (TPSA) is 133 Å². The van der Waals surface area contributed by atoms with Crippen molar-refractivity contribution in [3.05, 3.63) is 71.2 Å². The van der Waals surface area contributed by atoms with Crippen LogP contribution in [0.2, 0.25) is 0 Å². The smallest absolute Gasteiger partial charge is 0.286 e. The van der Waals surface area contributed by atoms with E-state index in [1.54, 1.807) is 29.2 Å². The number of nitrogens with zero attached hydrogens (tertiary/aromatic N) is 2. The van der Waals surface area contributed by atoms with E-state index < -0.39 is 42.5 Å². The van der Waals surface area contributed by atoms with Crippen molar-refractivity contribution in [1.29, 1.82) is 0 Å². The minimum atomic E-state index is -4.19. The van der Waals surface area contributed by atoms with Crippen LogP contribution >= 0.6 is 0 Å². The maximum absolute atomic E-state index is 13.6. The Hall–Kier alpha value is -3.25. The van der Waals surface area contributed by atoms with Gasteiger partial charge in [-0.2, -0.15) is 8.42 Å².